The molecule has 0 bridgehead atoms. The highest BCUT2D eigenvalue weighted by atomic mass is 19.1. The quantitative estimate of drug-likeness (QED) is 0.540. The van der Waals surface area contributed by atoms with Crippen LogP contribution in [0.15, 0.2) is 23.8 Å². The molecule has 0 saturated heterocycles. The number of alkyl halides is 1. The molecule has 0 aromatic carbocycles. The Balaban J connectivity index is -0.000000218. The van der Waals surface area contributed by atoms with Crippen LogP contribution in [-0.4, -0.2) is 6.17 Å². The van der Waals surface area contributed by atoms with Gasteiger partial charge in [0.05, 0.1) is 0 Å². The molecule has 0 aliphatic rings. The van der Waals surface area contributed by atoms with Crippen LogP contribution in [0.3, 0.4) is 0 Å². The molecule has 0 nitrogen and oxygen atoms in total. The van der Waals surface area contributed by atoms with Crippen molar-refractivity contribution >= 4 is 0 Å². The molecule has 0 aromatic heterocycles. The highest BCUT2D eigenvalue weighted by molar-refractivity contribution is 5.20. The molecule has 0 aliphatic heterocycles. The van der Waals surface area contributed by atoms with Crippen molar-refractivity contribution in [1.82, 2.24) is 0 Å². The van der Waals surface area contributed by atoms with Gasteiger partial charge in [0.15, 0.2) is 0 Å². The predicted molar refractivity (Wildman–Crippen MR) is 61.8 cm³/mol. The van der Waals surface area contributed by atoms with Gasteiger partial charge < -0.3 is 0 Å². The van der Waals surface area contributed by atoms with Crippen LogP contribution in [0, 0.1) is 0 Å². The molecule has 13 heavy (non-hydrogen) atoms. The lowest BCUT2D eigenvalue weighted by molar-refractivity contribution is 0.417. The minimum Gasteiger partial charge on any atom is -0.243 e. The van der Waals surface area contributed by atoms with Crippen LogP contribution < -0.4 is 0 Å². The number of rotatable bonds is 2. The van der Waals surface area contributed by atoms with Gasteiger partial charge in [-0.15, -0.1) is 0 Å². The first-order chi connectivity index (χ1) is 6.22. The summed E-state index contributed by atoms with van der Waals surface area (Å²) >= 11 is 0. The molecular weight excluding hydrogens is 163 g/mol. The molecule has 0 N–H and O–H groups in total. The van der Waals surface area contributed by atoms with E-state index in [2.05, 4.69) is 0 Å². The summed E-state index contributed by atoms with van der Waals surface area (Å²) in [5.41, 5.74) is 0.748. The Morgan fingerprint density at radius 2 is 1.46 bits per heavy atom. The Morgan fingerprint density at radius 3 is 1.54 bits per heavy atom. The van der Waals surface area contributed by atoms with E-state index in [-0.39, 0.29) is 0 Å². The van der Waals surface area contributed by atoms with E-state index in [9.17, 15) is 4.39 Å². The first kappa shape index (κ1) is 18.2. The van der Waals surface area contributed by atoms with Crippen LogP contribution in [0.25, 0.3) is 0 Å². The van der Waals surface area contributed by atoms with Crippen molar-refractivity contribution in [1.29, 1.82) is 0 Å². The van der Waals surface area contributed by atoms with E-state index in [1.54, 1.807) is 12.2 Å². The van der Waals surface area contributed by atoms with E-state index in [0.29, 0.717) is 0 Å². The molecule has 1 heteroatoms. The summed E-state index contributed by atoms with van der Waals surface area (Å²) in [5.74, 6) is 0. The van der Waals surface area contributed by atoms with Crippen molar-refractivity contribution in [3.8, 4) is 0 Å². The van der Waals surface area contributed by atoms with Crippen LogP contribution in [0.4, 0.5) is 4.39 Å². The molecule has 0 heterocycles. The van der Waals surface area contributed by atoms with Crippen LogP contribution >= 0.6 is 0 Å². The molecule has 80 valence electrons. The van der Waals surface area contributed by atoms with E-state index in [0.717, 1.165) is 5.57 Å². The van der Waals surface area contributed by atoms with Gasteiger partial charge >= 0.3 is 0 Å². The molecule has 0 aromatic rings. The van der Waals surface area contributed by atoms with Gasteiger partial charge in [0.2, 0.25) is 0 Å². The predicted octanol–water partition coefficient (Wildman–Crippen LogP) is 4.92. The average Bonchev–Trinajstić information content (AvgIpc) is 2.20. The zero-order valence-electron chi connectivity index (χ0n) is 10.2. The van der Waals surface area contributed by atoms with Crippen molar-refractivity contribution in [3.63, 3.8) is 0 Å². The normalized spacial score (nSPS) is 12.5. The summed E-state index contributed by atoms with van der Waals surface area (Å²) in [6, 6.07) is 0. The van der Waals surface area contributed by atoms with Gasteiger partial charge in [-0.3, -0.25) is 0 Å². The molecule has 1 atom stereocenters. The van der Waals surface area contributed by atoms with Gasteiger partial charge in [0, 0.05) is 0 Å². The number of allylic oxidation sites excluding steroid dienone is 4. The van der Waals surface area contributed by atoms with E-state index in [4.69, 9.17) is 0 Å². The lowest BCUT2D eigenvalue weighted by atomic mass is 10.1. The van der Waals surface area contributed by atoms with Crippen molar-refractivity contribution < 1.29 is 4.39 Å². The molecule has 0 amide bonds. The minimum absolute atomic E-state index is 0.748. The largest absolute Gasteiger partial charge is 0.243 e. The van der Waals surface area contributed by atoms with Crippen LogP contribution in [0.5, 0.6) is 0 Å². The van der Waals surface area contributed by atoms with Gasteiger partial charge in [-0.2, -0.15) is 0 Å². The first-order valence-electron chi connectivity index (χ1n) is 5.15. The van der Waals surface area contributed by atoms with E-state index >= 15 is 0 Å². The number of hydrogen-bond donors (Lipinski definition) is 0. The second-order valence-electron chi connectivity index (χ2n) is 1.90. The van der Waals surface area contributed by atoms with Crippen molar-refractivity contribution in [2.24, 2.45) is 0 Å². The molecule has 0 radical (unpaired) electrons. The summed E-state index contributed by atoms with van der Waals surface area (Å²) < 4.78 is 12.4. The summed E-state index contributed by atoms with van der Waals surface area (Å²) in [4.78, 5) is 0. The summed E-state index contributed by atoms with van der Waals surface area (Å²) in [6.45, 7) is 13.3. The fourth-order valence-corrected chi connectivity index (χ4v) is 0.651. The van der Waals surface area contributed by atoms with Crippen molar-refractivity contribution in [2.45, 2.75) is 54.6 Å². The average molecular weight is 188 g/mol. The highest BCUT2D eigenvalue weighted by Crippen LogP contribution is 2.06. The lowest BCUT2D eigenvalue weighted by Gasteiger charge is -1.99. The van der Waals surface area contributed by atoms with Gasteiger partial charge in [-0.1, -0.05) is 45.9 Å². The molecule has 0 aliphatic carbocycles. The minimum atomic E-state index is -0.841. The second kappa shape index (κ2) is 17.5. The maximum atomic E-state index is 12.4. The van der Waals surface area contributed by atoms with Crippen LogP contribution in [-0.2, 0) is 0 Å². The van der Waals surface area contributed by atoms with Crippen molar-refractivity contribution in [3.05, 3.63) is 23.8 Å². The van der Waals surface area contributed by atoms with Gasteiger partial charge in [-0.25, -0.2) is 4.39 Å². The van der Waals surface area contributed by atoms with Gasteiger partial charge in [-0.05, 0) is 26.3 Å². The van der Waals surface area contributed by atoms with E-state index < -0.39 is 6.17 Å². The summed E-state index contributed by atoms with van der Waals surface area (Å²) in [5, 5.41) is 0. The first-order valence-corrected chi connectivity index (χ1v) is 5.15. The lowest BCUT2D eigenvalue weighted by Crippen LogP contribution is -1.93. The Bertz CT molecular complexity index is 121. The summed E-state index contributed by atoms with van der Waals surface area (Å²) in [7, 11) is 0. The number of hydrogen-bond acceptors (Lipinski definition) is 0. The van der Waals surface area contributed by atoms with Crippen LogP contribution in [0.2, 0.25) is 0 Å². The topological polar surface area (TPSA) is 0 Å². The fraction of sp³-hybridized carbons (Fsp3) is 0.667. The smallest absolute Gasteiger partial charge is 0.122 e. The summed E-state index contributed by atoms with van der Waals surface area (Å²) in [6.07, 6.45) is 4.56. The maximum absolute atomic E-state index is 12.4. The molecule has 1 unspecified atom stereocenters. The Hall–Kier alpha value is -0.590. The molecule has 0 saturated carbocycles. The third-order valence-corrected chi connectivity index (χ3v) is 1.15. The van der Waals surface area contributed by atoms with Gasteiger partial charge in [0.25, 0.3) is 0 Å². The van der Waals surface area contributed by atoms with Crippen molar-refractivity contribution in [2.75, 3.05) is 0 Å². The Kier molecular flexibility index (Phi) is 24.5. The SMILES string of the molecule is C/C=C\C(=C/C)C(C)F.CC.CC. The molecule has 0 rings (SSSR count). The standard InChI is InChI=1S/C8H13F.2C2H6/c1-4-6-8(5-2)7(3)9;2*1-2/h4-7H,1-3H3;2*1-2H3/b6-4-,8-5+;;. The Morgan fingerprint density at radius 1 is 1.08 bits per heavy atom. The second-order valence-corrected chi connectivity index (χ2v) is 1.90. The van der Waals surface area contributed by atoms with Gasteiger partial charge in [0.1, 0.15) is 6.17 Å². The van der Waals surface area contributed by atoms with E-state index in [1.807, 2.05) is 47.6 Å². The van der Waals surface area contributed by atoms with Crippen LogP contribution in [0.1, 0.15) is 48.5 Å². The van der Waals surface area contributed by atoms with E-state index in [1.165, 1.54) is 6.92 Å². The third-order valence-electron chi connectivity index (χ3n) is 1.15. The molecule has 0 spiro atoms. The Labute approximate surface area is 83.6 Å². The zero-order chi connectivity index (χ0) is 11.3. The highest BCUT2D eigenvalue weighted by Gasteiger charge is 1.98. The maximum Gasteiger partial charge on any atom is 0.122 e. The third kappa shape index (κ3) is 14.3. The number of halogens is 1. The molecular formula is C12H25F. The zero-order valence-corrected chi connectivity index (χ0v) is 10.2. The monoisotopic (exact) mass is 188 g/mol. The fourth-order valence-electron chi connectivity index (χ4n) is 0.651. The molecule has 0 fully saturated rings.